The predicted molar refractivity (Wildman–Crippen MR) is 88.6 cm³/mol. The van der Waals surface area contributed by atoms with Gasteiger partial charge < -0.3 is 14.5 Å². The number of aromatic nitrogens is 4. The van der Waals surface area contributed by atoms with Crippen LogP contribution in [0, 0.1) is 0 Å². The number of nitrogens with zero attached hydrogens (tertiary/aromatic N) is 4. The average molecular weight is 297 g/mol. The van der Waals surface area contributed by atoms with Crippen LogP contribution >= 0.6 is 0 Å². The lowest BCUT2D eigenvalue weighted by Crippen LogP contribution is -2.31. The van der Waals surface area contributed by atoms with Gasteiger partial charge in [0.25, 0.3) is 0 Å². The molecule has 5 heteroatoms. The second kappa shape index (κ2) is 6.32. The number of aryl methyl sites for hydroxylation is 2. The van der Waals surface area contributed by atoms with Crippen LogP contribution in [0.2, 0.25) is 0 Å². The minimum atomic E-state index is 0.360. The van der Waals surface area contributed by atoms with Gasteiger partial charge in [0.05, 0.1) is 17.6 Å². The van der Waals surface area contributed by atoms with Gasteiger partial charge in [0.15, 0.2) is 0 Å². The lowest BCUT2D eigenvalue weighted by atomic mass is 10.3. The first kappa shape index (κ1) is 14.8. The Bertz CT molecular complexity index is 755. The minimum Gasteiger partial charge on any atom is -0.333 e. The molecule has 0 saturated carbocycles. The third-order valence-corrected chi connectivity index (χ3v) is 4.08. The van der Waals surface area contributed by atoms with Gasteiger partial charge in [0.1, 0.15) is 11.6 Å². The van der Waals surface area contributed by atoms with E-state index < -0.39 is 0 Å². The van der Waals surface area contributed by atoms with Crippen molar-refractivity contribution in [2.24, 2.45) is 7.05 Å². The van der Waals surface area contributed by atoms with Gasteiger partial charge in [0.2, 0.25) is 0 Å². The first-order valence-electron chi connectivity index (χ1n) is 7.82. The van der Waals surface area contributed by atoms with Crippen molar-refractivity contribution in [3.8, 4) is 0 Å². The maximum absolute atomic E-state index is 4.70. The van der Waals surface area contributed by atoms with Crippen molar-refractivity contribution in [2.45, 2.75) is 39.4 Å². The molecule has 0 bridgehead atoms. The van der Waals surface area contributed by atoms with Crippen molar-refractivity contribution in [3.63, 3.8) is 0 Å². The Labute approximate surface area is 131 Å². The summed E-state index contributed by atoms with van der Waals surface area (Å²) in [4.78, 5) is 9.06. The molecular weight excluding hydrogens is 274 g/mol. The van der Waals surface area contributed by atoms with Crippen LogP contribution in [0.4, 0.5) is 0 Å². The maximum Gasteiger partial charge on any atom is 0.123 e. The summed E-state index contributed by atoms with van der Waals surface area (Å²) < 4.78 is 4.37. The standard InChI is InChI=1S/C17H23N5/c1-4-16-18-9-10-22(16)12-13(2)19-11-17-20-14-7-5-6-8-15(14)21(17)3/h5-10,13,19H,4,11-12H2,1-3H3. The molecule has 5 nitrogen and oxygen atoms in total. The predicted octanol–water partition coefficient (Wildman–Crippen LogP) is 2.51. The summed E-state index contributed by atoms with van der Waals surface area (Å²) in [5, 5.41) is 3.56. The van der Waals surface area contributed by atoms with Crippen LogP contribution in [0.3, 0.4) is 0 Å². The highest BCUT2D eigenvalue weighted by atomic mass is 15.1. The quantitative estimate of drug-likeness (QED) is 0.760. The fourth-order valence-corrected chi connectivity index (χ4v) is 2.80. The van der Waals surface area contributed by atoms with Gasteiger partial charge in [-0.3, -0.25) is 0 Å². The highest BCUT2D eigenvalue weighted by molar-refractivity contribution is 5.75. The third-order valence-electron chi connectivity index (χ3n) is 4.08. The number of imidazole rings is 2. The summed E-state index contributed by atoms with van der Waals surface area (Å²) in [6.45, 7) is 6.02. The van der Waals surface area contributed by atoms with Crippen molar-refractivity contribution in [1.29, 1.82) is 0 Å². The zero-order chi connectivity index (χ0) is 15.5. The first-order valence-corrected chi connectivity index (χ1v) is 7.82. The monoisotopic (exact) mass is 297 g/mol. The van der Waals surface area contributed by atoms with Gasteiger partial charge in [-0.25, -0.2) is 9.97 Å². The molecule has 1 N–H and O–H groups in total. The molecule has 2 heterocycles. The lowest BCUT2D eigenvalue weighted by Gasteiger charge is -2.15. The van der Waals surface area contributed by atoms with E-state index in [-0.39, 0.29) is 0 Å². The molecule has 116 valence electrons. The second-order valence-electron chi connectivity index (χ2n) is 5.71. The molecule has 0 spiro atoms. The number of hydrogen-bond acceptors (Lipinski definition) is 3. The fourth-order valence-electron chi connectivity index (χ4n) is 2.80. The number of para-hydroxylation sites is 2. The molecule has 0 radical (unpaired) electrons. The maximum atomic E-state index is 4.70. The van der Waals surface area contributed by atoms with Crippen LogP contribution in [0.5, 0.6) is 0 Å². The number of nitrogens with one attached hydrogen (secondary N) is 1. The van der Waals surface area contributed by atoms with Gasteiger partial charge >= 0.3 is 0 Å². The van der Waals surface area contributed by atoms with E-state index in [1.165, 1.54) is 5.52 Å². The lowest BCUT2D eigenvalue weighted by molar-refractivity contribution is 0.459. The Hall–Kier alpha value is -2.14. The summed E-state index contributed by atoms with van der Waals surface area (Å²) in [6, 6.07) is 8.60. The normalized spacial score (nSPS) is 12.9. The summed E-state index contributed by atoms with van der Waals surface area (Å²) in [6.07, 6.45) is 4.88. The SMILES string of the molecule is CCc1nccn1CC(C)NCc1nc2ccccc2n1C. The molecule has 1 aromatic carbocycles. The molecule has 0 aliphatic carbocycles. The molecule has 0 aliphatic rings. The molecule has 0 aliphatic heterocycles. The van der Waals surface area contributed by atoms with Crippen LogP contribution in [0.25, 0.3) is 11.0 Å². The van der Waals surface area contributed by atoms with Crippen LogP contribution in [-0.2, 0) is 26.6 Å². The summed E-state index contributed by atoms with van der Waals surface area (Å²) in [7, 11) is 2.07. The van der Waals surface area contributed by atoms with E-state index in [9.17, 15) is 0 Å². The van der Waals surface area contributed by atoms with Crippen LogP contribution in [-0.4, -0.2) is 25.1 Å². The summed E-state index contributed by atoms with van der Waals surface area (Å²) in [5.74, 6) is 2.20. The molecule has 0 saturated heterocycles. The molecule has 3 rings (SSSR count). The van der Waals surface area contributed by atoms with E-state index in [4.69, 9.17) is 4.98 Å². The number of rotatable bonds is 6. The van der Waals surface area contributed by atoms with Crippen molar-refractivity contribution in [3.05, 3.63) is 48.3 Å². The zero-order valence-corrected chi connectivity index (χ0v) is 13.5. The molecule has 3 aromatic rings. The Morgan fingerprint density at radius 1 is 1.23 bits per heavy atom. The Kier molecular flexibility index (Phi) is 4.24. The highest BCUT2D eigenvalue weighted by Crippen LogP contribution is 2.14. The van der Waals surface area contributed by atoms with Gasteiger partial charge in [-0.2, -0.15) is 0 Å². The molecule has 22 heavy (non-hydrogen) atoms. The first-order chi connectivity index (χ1) is 10.7. The van der Waals surface area contributed by atoms with E-state index in [1.54, 1.807) is 0 Å². The third kappa shape index (κ3) is 2.90. The van der Waals surface area contributed by atoms with Crippen molar-refractivity contribution in [1.82, 2.24) is 24.4 Å². The molecule has 0 fully saturated rings. The second-order valence-corrected chi connectivity index (χ2v) is 5.71. The topological polar surface area (TPSA) is 47.7 Å². The van der Waals surface area contributed by atoms with Crippen LogP contribution in [0.15, 0.2) is 36.7 Å². The van der Waals surface area contributed by atoms with E-state index in [1.807, 2.05) is 18.5 Å². The van der Waals surface area contributed by atoms with Gasteiger partial charge in [-0.05, 0) is 19.1 Å². The van der Waals surface area contributed by atoms with Crippen molar-refractivity contribution >= 4 is 11.0 Å². The molecular formula is C17H23N5. The number of benzene rings is 1. The van der Waals surface area contributed by atoms with E-state index in [0.717, 1.165) is 36.7 Å². The van der Waals surface area contributed by atoms with Crippen LogP contribution < -0.4 is 5.32 Å². The Morgan fingerprint density at radius 3 is 2.82 bits per heavy atom. The van der Waals surface area contributed by atoms with E-state index in [0.29, 0.717) is 6.04 Å². The highest BCUT2D eigenvalue weighted by Gasteiger charge is 2.10. The molecule has 1 unspecified atom stereocenters. The largest absolute Gasteiger partial charge is 0.333 e. The van der Waals surface area contributed by atoms with E-state index in [2.05, 4.69) is 58.5 Å². The van der Waals surface area contributed by atoms with Gasteiger partial charge in [0, 0.05) is 38.4 Å². The fraction of sp³-hybridized carbons (Fsp3) is 0.412. The number of hydrogen-bond donors (Lipinski definition) is 1. The molecule has 0 amide bonds. The van der Waals surface area contributed by atoms with Crippen LogP contribution in [0.1, 0.15) is 25.5 Å². The van der Waals surface area contributed by atoms with Gasteiger partial charge in [-0.15, -0.1) is 0 Å². The number of fused-ring (bicyclic) bond motifs is 1. The smallest absolute Gasteiger partial charge is 0.123 e. The summed E-state index contributed by atoms with van der Waals surface area (Å²) >= 11 is 0. The van der Waals surface area contributed by atoms with E-state index >= 15 is 0 Å². The Morgan fingerprint density at radius 2 is 2.05 bits per heavy atom. The molecule has 2 aromatic heterocycles. The van der Waals surface area contributed by atoms with Gasteiger partial charge in [-0.1, -0.05) is 19.1 Å². The molecule has 1 atom stereocenters. The summed E-state index contributed by atoms with van der Waals surface area (Å²) in [5.41, 5.74) is 2.23. The minimum absolute atomic E-state index is 0.360. The van der Waals surface area contributed by atoms with Crippen molar-refractivity contribution in [2.75, 3.05) is 0 Å². The average Bonchev–Trinajstić information content (AvgIpc) is 3.10. The van der Waals surface area contributed by atoms with Crippen molar-refractivity contribution < 1.29 is 0 Å². The zero-order valence-electron chi connectivity index (χ0n) is 13.5. The Balaban J connectivity index is 1.65.